The number of allylic oxidation sites excluding steroid dienone is 1. The molecule has 0 aromatic rings. The first-order valence-electron chi connectivity index (χ1n) is 10.3. The van der Waals surface area contributed by atoms with Crippen LogP contribution in [0.2, 0.25) is 5.04 Å². The van der Waals surface area contributed by atoms with Crippen LogP contribution in [0.4, 0.5) is 0 Å². The van der Waals surface area contributed by atoms with E-state index in [1.54, 1.807) is 0 Å². The van der Waals surface area contributed by atoms with Gasteiger partial charge >= 0.3 is 0 Å². The highest BCUT2D eigenvalue weighted by Crippen LogP contribution is 2.38. The lowest BCUT2D eigenvalue weighted by Crippen LogP contribution is -2.25. The van der Waals surface area contributed by atoms with E-state index in [1.165, 1.54) is 44.9 Å². The second-order valence-electron chi connectivity index (χ2n) is 7.83. The highest BCUT2D eigenvalue weighted by Gasteiger charge is 2.30. The molecule has 27 heavy (non-hydrogen) atoms. The maximum Gasteiger partial charge on any atom is 0.0631 e. The van der Waals surface area contributed by atoms with Crippen molar-refractivity contribution in [2.75, 3.05) is 0 Å². The van der Waals surface area contributed by atoms with Crippen LogP contribution in [0.5, 0.6) is 0 Å². The molecule has 1 atom stereocenters. The third kappa shape index (κ3) is 8.73. The Kier molecular flexibility index (Phi) is 11.7. The standard InChI is InChI=1S/C8H15NOSi.2C6H11NO/c1-2-8(11)6-4-3-5-7(8)9-10;2*8-7-6-4-2-1-3-5-6/h2,10H,1,3-6H2,11H3;2*8H,1-5H2. The smallest absolute Gasteiger partial charge is 0.0631 e. The monoisotopic (exact) mass is 395 g/mol. The van der Waals surface area contributed by atoms with Gasteiger partial charge < -0.3 is 15.6 Å². The molecule has 3 saturated carbocycles. The minimum absolute atomic E-state index is 0.0903. The predicted octanol–water partition coefficient (Wildman–Crippen LogP) is 4.66. The molecule has 0 heterocycles. The quantitative estimate of drug-likeness (QED) is 0.260. The number of nitrogens with zero attached hydrogens (tertiary/aromatic N) is 3. The zero-order valence-electron chi connectivity index (χ0n) is 16.9. The largest absolute Gasteiger partial charge is 0.411 e. The summed E-state index contributed by atoms with van der Waals surface area (Å²) < 4.78 is 0. The van der Waals surface area contributed by atoms with Crippen molar-refractivity contribution in [3.8, 4) is 0 Å². The molecule has 0 aliphatic heterocycles. The average Bonchev–Trinajstić information content (AvgIpc) is 2.76. The molecule has 1 unspecified atom stereocenters. The Morgan fingerprint density at radius 2 is 1.15 bits per heavy atom. The van der Waals surface area contributed by atoms with Crippen LogP contribution in [0.3, 0.4) is 0 Å². The maximum atomic E-state index is 8.72. The fourth-order valence-corrected chi connectivity index (χ4v) is 4.42. The van der Waals surface area contributed by atoms with E-state index < -0.39 is 0 Å². The van der Waals surface area contributed by atoms with Gasteiger partial charge in [-0.25, -0.2) is 0 Å². The third-order valence-corrected chi connectivity index (χ3v) is 7.22. The van der Waals surface area contributed by atoms with Crippen molar-refractivity contribution >= 4 is 27.4 Å². The van der Waals surface area contributed by atoms with Crippen molar-refractivity contribution < 1.29 is 15.6 Å². The Bertz CT molecular complexity index is 493. The van der Waals surface area contributed by atoms with E-state index >= 15 is 0 Å². The van der Waals surface area contributed by atoms with Gasteiger partial charge in [0.1, 0.15) is 0 Å². The molecule has 0 radical (unpaired) electrons. The molecule has 3 aliphatic rings. The van der Waals surface area contributed by atoms with Gasteiger partial charge in [-0.05, 0) is 70.6 Å². The zero-order chi connectivity index (χ0) is 20.0. The summed E-state index contributed by atoms with van der Waals surface area (Å²) in [6.45, 7) is 3.80. The minimum Gasteiger partial charge on any atom is -0.411 e. The molecule has 3 N–H and O–H groups in total. The Hall–Kier alpha value is -1.63. The number of hydrogen-bond donors (Lipinski definition) is 3. The lowest BCUT2D eigenvalue weighted by atomic mass is 9.86. The molecule has 0 saturated heterocycles. The van der Waals surface area contributed by atoms with Crippen molar-refractivity contribution in [2.24, 2.45) is 15.5 Å². The van der Waals surface area contributed by atoms with Crippen LogP contribution in [0.1, 0.15) is 89.9 Å². The van der Waals surface area contributed by atoms with Crippen LogP contribution < -0.4 is 0 Å². The van der Waals surface area contributed by atoms with E-state index in [2.05, 4.69) is 22.0 Å². The van der Waals surface area contributed by atoms with Crippen molar-refractivity contribution in [1.82, 2.24) is 0 Å². The van der Waals surface area contributed by atoms with Gasteiger partial charge in [0.2, 0.25) is 0 Å². The van der Waals surface area contributed by atoms with Gasteiger partial charge in [-0.3, -0.25) is 0 Å². The summed E-state index contributed by atoms with van der Waals surface area (Å²) >= 11 is 0. The van der Waals surface area contributed by atoms with Crippen LogP contribution in [-0.4, -0.2) is 43.0 Å². The average molecular weight is 396 g/mol. The topological polar surface area (TPSA) is 97.8 Å². The van der Waals surface area contributed by atoms with E-state index in [9.17, 15) is 0 Å². The van der Waals surface area contributed by atoms with Gasteiger partial charge in [0.15, 0.2) is 0 Å². The van der Waals surface area contributed by atoms with E-state index in [4.69, 9.17) is 15.6 Å². The number of rotatable bonds is 1. The fourth-order valence-electron chi connectivity index (χ4n) is 3.72. The first-order valence-corrected chi connectivity index (χ1v) is 11.3. The second-order valence-corrected chi connectivity index (χ2v) is 9.61. The Balaban J connectivity index is 0.000000206. The SMILES string of the molecule is C=CC1([SiH3])CCCCC1=NO.ON=C1CCCCC1.ON=C1CCCCC1. The molecule has 0 aromatic heterocycles. The molecule has 0 spiro atoms. The summed E-state index contributed by atoms with van der Waals surface area (Å²) in [5, 5.41) is 35.0. The molecular weight excluding hydrogens is 358 g/mol. The fraction of sp³-hybridized carbons (Fsp3) is 0.750. The van der Waals surface area contributed by atoms with E-state index in [0.717, 1.165) is 72.3 Å². The molecule has 154 valence electrons. The first-order chi connectivity index (χ1) is 13.1. The van der Waals surface area contributed by atoms with Crippen molar-refractivity contribution in [3.05, 3.63) is 12.7 Å². The maximum absolute atomic E-state index is 8.72. The minimum atomic E-state index is 0.0903. The number of hydrogen-bond acceptors (Lipinski definition) is 6. The van der Waals surface area contributed by atoms with Crippen LogP contribution >= 0.6 is 0 Å². The molecule has 6 nitrogen and oxygen atoms in total. The normalized spacial score (nSPS) is 26.9. The highest BCUT2D eigenvalue weighted by molar-refractivity contribution is 6.31. The molecule has 3 rings (SSSR count). The summed E-state index contributed by atoms with van der Waals surface area (Å²) in [6, 6.07) is 0. The Labute approximate surface area is 166 Å². The van der Waals surface area contributed by atoms with E-state index in [1.807, 2.05) is 6.08 Å². The molecule has 3 fully saturated rings. The first kappa shape index (κ1) is 23.4. The van der Waals surface area contributed by atoms with Crippen molar-refractivity contribution in [2.45, 2.75) is 94.9 Å². The van der Waals surface area contributed by atoms with Crippen LogP contribution in [0.25, 0.3) is 0 Å². The predicted molar refractivity (Wildman–Crippen MR) is 115 cm³/mol. The van der Waals surface area contributed by atoms with Gasteiger partial charge in [0.05, 0.1) is 17.1 Å². The van der Waals surface area contributed by atoms with Gasteiger partial charge in [0, 0.05) is 15.3 Å². The lowest BCUT2D eigenvalue weighted by molar-refractivity contribution is 0.312. The molecule has 0 bridgehead atoms. The Morgan fingerprint density at radius 1 is 0.704 bits per heavy atom. The summed E-state index contributed by atoms with van der Waals surface area (Å²) in [7, 11) is 1.01. The third-order valence-electron chi connectivity index (χ3n) is 5.73. The van der Waals surface area contributed by atoms with Gasteiger partial charge in [-0.1, -0.05) is 40.8 Å². The lowest BCUT2D eigenvalue weighted by Gasteiger charge is -2.30. The van der Waals surface area contributed by atoms with Crippen molar-refractivity contribution in [3.63, 3.8) is 0 Å². The van der Waals surface area contributed by atoms with E-state index in [-0.39, 0.29) is 5.04 Å². The molecular formula is C20H37N3O3Si. The molecule has 7 heteroatoms. The van der Waals surface area contributed by atoms with Crippen molar-refractivity contribution in [1.29, 1.82) is 0 Å². The summed E-state index contributed by atoms with van der Waals surface area (Å²) in [4.78, 5) is 0. The van der Waals surface area contributed by atoms with E-state index in [0.29, 0.717) is 0 Å². The summed E-state index contributed by atoms with van der Waals surface area (Å²) in [5.41, 5.74) is 2.91. The van der Waals surface area contributed by atoms with Crippen LogP contribution in [0.15, 0.2) is 28.1 Å². The summed E-state index contributed by atoms with van der Waals surface area (Å²) in [5.74, 6) is 0. The second kappa shape index (κ2) is 13.5. The zero-order valence-corrected chi connectivity index (χ0v) is 18.9. The van der Waals surface area contributed by atoms with Gasteiger partial charge in [0.25, 0.3) is 0 Å². The van der Waals surface area contributed by atoms with Gasteiger partial charge in [-0.15, -0.1) is 6.58 Å². The van der Waals surface area contributed by atoms with Gasteiger partial charge in [-0.2, -0.15) is 0 Å². The summed E-state index contributed by atoms with van der Waals surface area (Å²) in [6.07, 6.45) is 17.9. The van der Waals surface area contributed by atoms with Crippen LogP contribution in [-0.2, 0) is 0 Å². The Morgan fingerprint density at radius 3 is 1.44 bits per heavy atom. The molecule has 0 amide bonds. The number of oxime groups is 3. The van der Waals surface area contributed by atoms with Crippen LogP contribution in [0, 0.1) is 0 Å². The highest BCUT2D eigenvalue weighted by atomic mass is 28.1. The molecule has 0 aromatic carbocycles. The molecule has 3 aliphatic carbocycles.